The number of rotatable bonds is 10. The summed E-state index contributed by atoms with van der Waals surface area (Å²) in [5.74, 6) is 1.98. The number of methoxy groups -OCH3 is 2. The molecule has 1 N–H and O–H groups in total. The van der Waals surface area contributed by atoms with Gasteiger partial charge in [0, 0.05) is 23.6 Å². The molecule has 1 saturated carbocycles. The number of hydrogen-bond acceptors (Lipinski definition) is 5. The van der Waals surface area contributed by atoms with Crippen molar-refractivity contribution < 1.29 is 23.5 Å². The first-order valence-electron chi connectivity index (χ1n) is 13.5. The average Bonchev–Trinajstić information content (AvgIpc) is 2.92. The lowest BCUT2D eigenvalue weighted by atomic mass is 9.83. The van der Waals surface area contributed by atoms with Crippen molar-refractivity contribution in [3.63, 3.8) is 0 Å². The van der Waals surface area contributed by atoms with Crippen LogP contribution in [0.4, 0.5) is 4.39 Å². The number of nitrogens with zero attached hydrogens (tertiary/aromatic N) is 1. The summed E-state index contributed by atoms with van der Waals surface area (Å²) in [6.45, 7) is 2.95. The topological polar surface area (TPSA) is 67.9 Å². The molecule has 37 heavy (non-hydrogen) atoms. The molecule has 7 heteroatoms. The Labute approximate surface area is 219 Å². The number of halogens is 1. The molecular weight excluding hydrogens is 471 g/mol. The minimum atomic E-state index is -0.308. The summed E-state index contributed by atoms with van der Waals surface area (Å²) < 4.78 is 23.7. The number of ketones is 1. The highest BCUT2D eigenvalue weighted by atomic mass is 19.1. The van der Waals surface area contributed by atoms with Gasteiger partial charge < -0.3 is 19.7 Å². The predicted molar refractivity (Wildman–Crippen MR) is 142 cm³/mol. The molecule has 2 aromatic rings. The van der Waals surface area contributed by atoms with Crippen LogP contribution < -0.4 is 14.8 Å². The number of likely N-dealkylation sites (tertiary alicyclic amines) is 1. The quantitative estimate of drug-likeness (QED) is 0.454. The second-order valence-electron chi connectivity index (χ2n) is 10.5. The smallest absolute Gasteiger partial charge is 0.224 e. The Morgan fingerprint density at radius 2 is 1.54 bits per heavy atom. The molecule has 1 aliphatic carbocycles. The van der Waals surface area contributed by atoms with Crippen LogP contribution in [-0.2, 0) is 11.2 Å². The van der Waals surface area contributed by atoms with Gasteiger partial charge in [0.25, 0.3) is 0 Å². The van der Waals surface area contributed by atoms with Gasteiger partial charge in [-0.1, -0.05) is 0 Å². The van der Waals surface area contributed by atoms with Gasteiger partial charge >= 0.3 is 0 Å². The van der Waals surface area contributed by atoms with E-state index in [9.17, 15) is 14.0 Å². The fourth-order valence-electron chi connectivity index (χ4n) is 5.66. The summed E-state index contributed by atoms with van der Waals surface area (Å²) in [5, 5.41) is 3.22. The molecule has 0 unspecified atom stereocenters. The standard InChI is InChI=1S/C30H39FN2O4/c1-36-27-17-22(18-28(20-27)37-2)19-29(34)32-26-9-3-21(4-10-26)11-14-33-15-12-24(13-16-33)30(35)23-5-7-25(31)8-6-23/h5-8,17-18,20-21,24,26H,3-4,9-16,19H2,1-2H3,(H,32,34). The number of amides is 1. The minimum absolute atomic E-state index is 0.0387. The van der Waals surface area contributed by atoms with Crippen LogP contribution >= 0.6 is 0 Å². The van der Waals surface area contributed by atoms with Gasteiger partial charge in [-0.3, -0.25) is 9.59 Å². The van der Waals surface area contributed by atoms with Gasteiger partial charge in [-0.2, -0.15) is 0 Å². The van der Waals surface area contributed by atoms with E-state index in [2.05, 4.69) is 10.2 Å². The van der Waals surface area contributed by atoms with Crippen molar-refractivity contribution in [1.82, 2.24) is 10.2 Å². The Hall–Kier alpha value is -2.93. The van der Waals surface area contributed by atoms with Crippen LogP contribution in [0.25, 0.3) is 0 Å². The van der Waals surface area contributed by atoms with E-state index in [1.807, 2.05) is 12.1 Å². The second kappa shape index (κ2) is 13.0. The summed E-state index contributed by atoms with van der Waals surface area (Å²) >= 11 is 0. The third-order valence-corrected chi connectivity index (χ3v) is 7.93. The van der Waals surface area contributed by atoms with Crippen LogP contribution in [-0.4, -0.2) is 56.5 Å². The van der Waals surface area contributed by atoms with Crippen molar-refractivity contribution >= 4 is 11.7 Å². The normalized spacial score (nSPS) is 20.8. The Morgan fingerprint density at radius 1 is 0.919 bits per heavy atom. The Balaban J connectivity index is 1.13. The predicted octanol–water partition coefficient (Wildman–Crippen LogP) is 5.05. The van der Waals surface area contributed by atoms with Crippen molar-refractivity contribution in [3.8, 4) is 11.5 Å². The molecule has 200 valence electrons. The van der Waals surface area contributed by atoms with Crippen LogP contribution in [0.5, 0.6) is 11.5 Å². The van der Waals surface area contributed by atoms with Crippen molar-refractivity contribution in [2.24, 2.45) is 11.8 Å². The lowest BCUT2D eigenvalue weighted by molar-refractivity contribution is -0.121. The zero-order valence-electron chi connectivity index (χ0n) is 22.0. The van der Waals surface area contributed by atoms with E-state index in [0.29, 0.717) is 29.4 Å². The van der Waals surface area contributed by atoms with Gasteiger partial charge in [0.05, 0.1) is 20.6 Å². The number of benzene rings is 2. The fourth-order valence-corrected chi connectivity index (χ4v) is 5.66. The van der Waals surface area contributed by atoms with E-state index in [-0.39, 0.29) is 29.5 Å². The summed E-state index contributed by atoms with van der Waals surface area (Å²) in [5.41, 5.74) is 1.50. The zero-order valence-corrected chi connectivity index (χ0v) is 22.0. The highest BCUT2D eigenvalue weighted by Crippen LogP contribution is 2.29. The Morgan fingerprint density at radius 3 is 2.14 bits per heavy atom. The molecule has 2 aliphatic rings. The summed E-state index contributed by atoms with van der Waals surface area (Å²) in [6.07, 6.45) is 7.53. The SMILES string of the molecule is COc1cc(CC(=O)NC2CCC(CCN3CCC(C(=O)c4ccc(F)cc4)CC3)CC2)cc(OC)c1. The molecule has 1 saturated heterocycles. The van der Waals surface area contributed by atoms with Crippen molar-refractivity contribution in [3.05, 3.63) is 59.4 Å². The maximum absolute atomic E-state index is 13.1. The monoisotopic (exact) mass is 510 g/mol. The van der Waals surface area contributed by atoms with Gasteiger partial charge in [-0.05, 0) is 112 Å². The van der Waals surface area contributed by atoms with Crippen LogP contribution in [0.3, 0.4) is 0 Å². The molecule has 1 heterocycles. The van der Waals surface area contributed by atoms with Crippen molar-refractivity contribution in [1.29, 1.82) is 0 Å². The maximum atomic E-state index is 13.1. The van der Waals surface area contributed by atoms with Crippen LogP contribution in [0, 0.1) is 17.7 Å². The molecule has 0 radical (unpaired) electrons. The summed E-state index contributed by atoms with van der Waals surface area (Å²) in [6, 6.07) is 11.7. The number of nitrogens with one attached hydrogen (secondary N) is 1. The first-order valence-corrected chi connectivity index (χ1v) is 13.5. The summed E-state index contributed by atoms with van der Waals surface area (Å²) in [4.78, 5) is 27.8. The lowest BCUT2D eigenvalue weighted by Crippen LogP contribution is -2.40. The number of carbonyl (C=O) groups is 2. The minimum Gasteiger partial charge on any atom is -0.497 e. The Kier molecular flexibility index (Phi) is 9.56. The van der Waals surface area contributed by atoms with Crippen LogP contribution in [0.15, 0.2) is 42.5 Å². The van der Waals surface area contributed by atoms with E-state index in [4.69, 9.17) is 9.47 Å². The van der Waals surface area contributed by atoms with E-state index < -0.39 is 0 Å². The van der Waals surface area contributed by atoms with E-state index in [1.165, 1.54) is 18.6 Å². The van der Waals surface area contributed by atoms with Gasteiger partial charge in [-0.15, -0.1) is 0 Å². The first-order chi connectivity index (χ1) is 17.9. The lowest BCUT2D eigenvalue weighted by Gasteiger charge is -2.34. The number of Topliss-reactive ketones (excluding diaryl/α,β-unsaturated/α-hetero) is 1. The molecule has 0 bridgehead atoms. The number of ether oxygens (including phenoxy) is 2. The van der Waals surface area contributed by atoms with Crippen molar-refractivity contribution in [2.75, 3.05) is 33.9 Å². The molecule has 0 atom stereocenters. The highest BCUT2D eigenvalue weighted by molar-refractivity contribution is 5.97. The number of hydrogen-bond donors (Lipinski definition) is 1. The van der Waals surface area contributed by atoms with Crippen LogP contribution in [0.2, 0.25) is 0 Å². The third kappa shape index (κ3) is 7.78. The molecular formula is C30H39FN2O4. The number of carbonyl (C=O) groups excluding carboxylic acids is 2. The molecule has 1 aliphatic heterocycles. The largest absolute Gasteiger partial charge is 0.497 e. The van der Waals surface area contributed by atoms with Gasteiger partial charge in [-0.25, -0.2) is 4.39 Å². The molecule has 2 fully saturated rings. The van der Waals surface area contributed by atoms with E-state index >= 15 is 0 Å². The number of piperidine rings is 1. The Bertz CT molecular complexity index is 1020. The van der Waals surface area contributed by atoms with E-state index in [1.54, 1.807) is 32.4 Å². The molecule has 0 spiro atoms. The van der Waals surface area contributed by atoms with E-state index in [0.717, 1.165) is 63.7 Å². The zero-order chi connectivity index (χ0) is 26.2. The molecule has 6 nitrogen and oxygen atoms in total. The van der Waals surface area contributed by atoms with Gasteiger partial charge in [0.15, 0.2) is 5.78 Å². The van der Waals surface area contributed by atoms with Gasteiger partial charge in [0.1, 0.15) is 17.3 Å². The molecule has 4 rings (SSSR count). The fraction of sp³-hybridized carbons (Fsp3) is 0.533. The molecule has 0 aromatic heterocycles. The molecule has 1 amide bonds. The average molecular weight is 511 g/mol. The van der Waals surface area contributed by atoms with Crippen LogP contribution in [0.1, 0.15) is 60.9 Å². The second-order valence-corrected chi connectivity index (χ2v) is 10.5. The molecule has 2 aromatic carbocycles. The third-order valence-electron chi connectivity index (χ3n) is 7.93. The van der Waals surface area contributed by atoms with Crippen molar-refractivity contribution in [2.45, 2.75) is 57.4 Å². The summed E-state index contributed by atoms with van der Waals surface area (Å²) in [7, 11) is 3.21. The highest BCUT2D eigenvalue weighted by Gasteiger charge is 2.27. The van der Waals surface area contributed by atoms with Gasteiger partial charge in [0.2, 0.25) is 5.91 Å². The first kappa shape index (κ1) is 27.1. The maximum Gasteiger partial charge on any atom is 0.224 e.